The number of aromatic amines is 1. The van der Waals surface area contributed by atoms with E-state index in [0.717, 1.165) is 11.3 Å². The van der Waals surface area contributed by atoms with Gasteiger partial charge in [-0.05, 0) is 18.6 Å². The first-order chi connectivity index (χ1) is 11.7. The van der Waals surface area contributed by atoms with Crippen LogP contribution in [0.2, 0.25) is 0 Å². The molecule has 0 radical (unpaired) electrons. The van der Waals surface area contributed by atoms with E-state index in [1.165, 1.54) is 0 Å². The van der Waals surface area contributed by atoms with Gasteiger partial charge >= 0.3 is 0 Å². The Labute approximate surface area is 139 Å². The molecule has 0 aliphatic heterocycles. The zero-order valence-electron chi connectivity index (χ0n) is 13.4. The van der Waals surface area contributed by atoms with Crippen LogP contribution in [0.15, 0.2) is 53.2 Å². The van der Waals surface area contributed by atoms with Gasteiger partial charge in [-0.25, -0.2) is 0 Å². The molecule has 24 heavy (non-hydrogen) atoms. The topological polar surface area (TPSA) is 87.0 Å². The Morgan fingerprint density at radius 1 is 1.25 bits per heavy atom. The number of nitrogens with zero attached hydrogens (tertiary/aromatic N) is 3. The van der Waals surface area contributed by atoms with Gasteiger partial charge in [0.2, 0.25) is 5.91 Å². The van der Waals surface area contributed by atoms with Gasteiger partial charge in [0.05, 0.1) is 6.54 Å². The van der Waals surface area contributed by atoms with Crippen LogP contribution in [0.4, 0.5) is 5.82 Å². The third-order valence-electron chi connectivity index (χ3n) is 3.46. The van der Waals surface area contributed by atoms with Gasteiger partial charge in [-0.15, -0.1) is 0 Å². The highest BCUT2D eigenvalue weighted by Crippen LogP contribution is 2.10. The Morgan fingerprint density at radius 3 is 2.75 bits per heavy atom. The summed E-state index contributed by atoms with van der Waals surface area (Å²) < 4.78 is 4.96. The fourth-order valence-corrected chi connectivity index (χ4v) is 2.43. The average molecular weight is 325 g/mol. The molecule has 0 saturated heterocycles. The first-order valence-corrected chi connectivity index (χ1v) is 7.67. The molecular weight excluding hydrogens is 306 g/mol. The van der Waals surface area contributed by atoms with Crippen molar-refractivity contribution in [3.63, 3.8) is 0 Å². The van der Waals surface area contributed by atoms with Crippen molar-refractivity contribution in [1.29, 1.82) is 0 Å². The van der Waals surface area contributed by atoms with Crippen molar-refractivity contribution in [1.82, 2.24) is 20.3 Å². The average Bonchev–Trinajstić information content (AvgIpc) is 3.20. The summed E-state index contributed by atoms with van der Waals surface area (Å²) in [6.45, 7) is 3.27. The normalized spacial score (nSPS) is 10.9. The second-order valence-electron chi connectivity index (χ2n) is 5.58. The molecule has 2 N–H and O–H groups in total. The number of aryl methyl sites for hydroxylation is 1. The molecule has 7 heteroatoms. The van der Waals surface area contributed by atoms with Crippen molar-refractivity contribution in [2.75, 3.05) is 11.9 Å². The smallest absolute Gasteiger partial charge is 0.239 e. The molecule has 0 spiro atoms. The first-order valence-electron chi connectivity index (χ1n) is 7.67. The highest BCUT2D eigenvalue weighted by atomic mass is 16.5. The molecule has 124 valence electrons. The van der Waals surface area contributed by atoms with Crippen LogP contribution in [-0.4, -0.2) is 32.7 Å². The Balaban J connectivity index is 1.65. The van der Waals surface area contributed by atoms with Gasteiger partial charge in [-0.2, -0.15) is 5.10 Å². The molecule has 2 aromatic heterocycles. The SMILES string of the molecule is Cc1cc(NC(=O)CN(Cc2ccccc2)Cc2ccn[nH]2)no1. The maximum Gasteiger partial charge on any atom is 0.239 e. The van der Waals surface area contributed by atoms with Gasteiger partial charge < -0.3 is 9.84 Å². The standard InChI is InChI=1S/C17H19N5O2/c1-13-9-16(21-24-13)19-17(23)12-22(11-15-7-8-18-20-15)10-14-5-3-2-4-6-14/h2-9H,10-12H2,1H3,(H,18,20)(H,19,21,23). The quantitative estimate of drug-likeness (QED) is 0.696. The van der Waals surface area contributed by atoms with Crippen molar-refractivity contribution >= 4 is 11.7 Å². The number of benzene rings is 1. The van der Waals surface area contributed by atoms with E-state index in [1.807, 2.05) is 41.3 Å². The van der Waals surface area contributed by atoms with E-state index in [9.17, 15) is 4.79 Å². The Hall–Kier alpha value is -2.93. The maximum absolute atomic E-state index is 12.3. The Bertz CT molecular complexity index is 767. The fraction of sp³-hybridized carbons (Fsp3) is 0.235. The largest absolute Gasteiger partial charge is 0.360 e. The Morgan fingerprint density at radius 2 is 2.08 bits per heavy atom. The van der Waals surface area contributed by atoms with Crippen molar-refractivity contribution in [2.24, 2.45) is 0 Å². The highest BCUT2D eigenvalue weighted by Gasteiger charge is 2.14. The van der Waals surface area contributed by atoms with Crippen LogP contribution in [0, 0.1) is 6.92 Å². The van der Waals surface area contributed by atoms with E-state index in [1.54, 1.807) is 19.2 Å². The van der Waals surface area contributed by atoms with E-state index < -0.39 is 0 Å². The summed E-state index contributed by atoms with van der Waals surface area (Å²) >= 11 is 0. The van der Waals surface area contributed by atoms with Gasteiger partial charge in [0.15, 0.2) is 5.82 Å². The summed E-state index contributed by atoms with van der Waals surface area (Å²) in [4.78, 5) is 14.3. The van der Waals surface area contributed by atoms with Gasteiger partial charge in [0, 0.05) is 31.0 Å². The molecule has 0 unspecified atom stereocenters. The van der Waals surface area contributed by atoms with Crippen molar-refractivity contribution in [2.45, 2.75) is 20.0 Å². The summed E-state index contributed by atoms with van der Waals surface area (Å²) in [6, 6.07) is 13.6. The predicted molar refractivity (Wildman–Crippen MR) is 89.0 cm³/mol. The number of hydrogen-bond acceptors (Lipinski definition) is 5. The number of H-pyrrole nitrogens is 1. The number of hydrogen-bond donors (Lipinski definition) is 2. The summed E-state index contributed by atoms with van der Waals surface area (Å²) in [5.41, 5.74) is 2.10. The molecule has 0 fully saturated rings. The van der Waals surface area contributed by atoms with Crippen LogP contribution in [0.25, 0.3) is 0 Å². The van der Waals surface area contributed by atoms with Crippen molar-refractivity contribution in [3.05, 3.63) is 65.7 Å². The lowest BCUT2D eigenvalue weighted by Gasteiger charge is -2.21. The fourth-order valence-electron chi connectivity index (χ4n) is 2.43. The third-order valence-corrected chi connectivity index (χ3v) is 3.46. The minimum absolute atomic E-state index is 0.140. The van der Waals surface area contributed by atoms with Gasteiger partial charge in [0.1, 0.15) is 5.76 Å². The van der Waals surface area contributed by atoms with E-state index in [-0.39, 0.29) is 12.5 Å². The van der Waals surface area contributed by atoms with E-state index in [0.29, 0.717) is 24.7 Å². The van der Waals surface area contributed by atoms with Crippen LogP contribution >= 0.6 is 0 Å². The monoisotopic (exact) mass is 325 g/mol. The van der Waals surface area contributed by atoms with Crippen LogP contribution < -0.4 is 5.32 Å². The molecule has 0 bridgehead atoms. The van der Waals surface area contributed by atoms with E-state index in [2.05, 4.69) is 20.7 Å². The molecular formula is C17H19N5O2. The van der Waals surface area contributed by atoms with Crippen LogP contribution in [0.3, 0.4) is 0 Å². The number of amides is 1. The van der Waals surface area contributed by atoms with Gasteiger partial charge in [-0.1, -0.05) is 35.5 Å². The zero-order chi connectivity index (χ0) is 16.8. The number of anilines is 1. The zero-order valence-corrected chi connectivity index (χ0v) is 13.4. The Kier molecular flexibility index (Phi) is 5.02. The lowest BCUT2D eigenvalue weighted by atomic mass is 10.2. The lowest BCUT2D eigenvalue weighted by molar-refractivity contribution is -0.117. The third kappa shape index (κ3) is 4.53. The van der Waals surface area contributed by atoms with Gasteiger partial charge in [-0.3, -0.25) is 14.8 Å². The van der Waals surface area contributed by atoms with Crippen LogP contribution in [-0.2, 0) is 17.9 Å². The van der Waals surface area contributed by atoms with Crippen LogP contribution in [0.1, 0.15) is 17.0 Å². The molecule has 0 saturated carbocycles. The molecule has 2 heterocycles. The second-order valence-corrected chi connectivity index (χ2v) is 5.58. The number of carbonyl (C=O) groups is 1. The summed E-state index contributed by atoms with van der Waals surface area (Å²) in [6.07, 6.45) is 1.70. The molecule has 0 aliphatic rings. The number of nitrogens with one attached hydrogen (secondary N) is 2. The predicted octanol–water partition coefficient (Wildman–Crippen LogP) is 2.35. The van der Waals surface area contributed by atoms with Crippen molar-refractivity contribution < 1.29 is 9.32 Å². The summed E-state index contributed by atoms with van der Waals surface area (Å²) in [5, 5.41) is 13.4. The number of carbonyl (C=O) groups excluding carboxylic acids is 1. The van der Waals surface area contributed by atoms with E-state index in [4.69, 9.17) is 4.52 Å². The minimum Gasteiger partial charge on any atom is -0.360 e. The van der Waals surface area contributed by atoms with Crippen molar-refractivity contribution in [3.8, 4) is 0 Å². The van der Waals surface area contributed by atoms with Gasteiger partial charge in [0.25, 0.3) is 0 Å². The molecule has 3 aromatic rings. The lowest BCUT2D eigenvalue weighted by Crippen LogP contribution is -2.32. The first kappa shape index (κ1) is 15.9. The number of rotatable bonds is 7. The number of aromatic nitrogens is 3. The molecule has 0 atom stereocenters. The second kappa shape index (κ2) is 7.56. The molecule has 1 aromatic carbocycles. The summed E-state index contributed by atoms with van der Waals surface area (Å²) in [5.74, 6) is 0.946. The summed E-state index contributed by atoms with van der Waals surface area (Å²) in [7, 11) is 0. The minimum atomic E-state index is -0.140. The molecule has 7 nitrogen and oxygen atoms in total. The maximum atomic E-state index is 12.3. The molecule has 0 aliphatic carbocycles. The molecule has 1 amide bonds. The molecule has 3 rings (SSSR count). The van der Waals surface area contributed by atoms with E-state index >= 15 is 0 Å². The van der Waals surface area contributed by atoms with Crippen LogP contribution in [0.5, 0.6) is 0 Å². The highest BCUT2D eigenvalue weighted by molar-refractivity contribution is 5.91.